The van der Waals surface area contributed by atoms with Gasteiger partial charge >= 0.3 is 0 Å². The van der Waals surface area contributed by atoms with Crippen molar-refractivity contribution in [2.75, 3.05) is 13.1 Å². The maximum absolute atomic E-state index is 6.45. The largest absolute Gasteiger partial charge is 0.297 e. The Balaban J connectivity index is 1.56. The fourth-order valence-electron chi connectivity index (χ4n) is 5.37. The Morgan fingerprint density at radius 2 is 1.42 bits per heavy atom. The zero-order chi connectivity index (χ0) is 21.2. The maximum atomic E-state index is 6.45. The second kappa shape index (κ2) is 9.16. The number of rotatable bonds is 5. The van der Waals surface area contributed by atoms with Gasteiger partial charge in [-0.1, -0.05) is 96.0 Å². The molecular weight excluding hydrogens is 423 g/mol. The first-order valence-electron chi connectivity index (χ1n) is 11.0. The molecule has 3 aromatic carbocycles. The van der Waals surface area contributed by atoms with Crippen LogP contribution in [0.15, 0.2) is 83.9 Å². The van der Waals surface area contributed by atoms with Gasteiger partial charge in [0.15, 0.2) is 0 Å². The molecule has 2 unspecified atom stereocenters. The molecule has 0 amide bonds. The third kappa shape index (κ3) is 4.17. The average Bonchev–Trinajstić information content (AvgIpc) is 2.83. The fraction of sp³-hybridized carbons (Fsp3) is 0.296. The van der Waals surface area contributed by atoms with Gasteiger partial charge in [-0.15, -0.1) is 0 Å². The van der Waals surface area contributed by atoms with Crippen molar-refractivity contribution in [1.82, 2.24) is 4.90 Å². The highest BCUT2D eigenvalue weighted by Crippen LogP contribution is 2.43. The van der Waals surface area contributed by atoms with E-state index in [0.29, 0.717) is 22.0 Å². The Hall–Kier alpha value is -2.13. The number of aliphatic imine (C=N–C) groups is 1. The number of hydrogen-bond donors (Lipinski definition) is 0. The fourth-order valence-corrected chi connectivity index (χ4v) is 5.72. The predicted molar refractivity (Wildman–Crippen MR) is 131 cm³/mol. The highest BCUT2D eigenvalue weighted by atomic mass is 35.5. The summed E-state index contributed by atoms with van der Waals surface area (Å²) < 4.78 is 0. The van der Waals surface area contributed by atoms with Gasteiger partial charge in [0.1, 0.15) is 0 Å². The normalized spacial score (nSPS) is 25.4. The number of fused-ring (bicyclic) bond motifs is 3. The molecule has 2 bridgehead atoms. The highest BCUT2D eigenvalue weighted by Gasteiger charge is 2.46. The standard InChI is InChI=1S/C27H26Cl2N2/c28-23-13-7-12-22(25(23)29)18-30-26-21-14-16-31(17-15-21)27(26)24(19-8-3-1-4-9-19)20-10-5-2-6-11-20/h1-13,18,21,24,26-27H,14-17H2/b30-18-. The minimum Gasteiger partial charge on any atom is -0.297 e. The quantitative estimate of drug-likeness (QED) is 0.396. The lowest BCUT2D eigenvalue weighted by Gasteiger charge is -2.52. The van der Waals surface area contributed by atoms with Crippen molar-refractivity contribution in [1.29, 1.82) is 0 Å². The van der Waals surface area contributed by atoms with Gasteiger partial charge in [0.05, 0.1) is 16.1 Å². The SMILES string of the molecule is Clc1cccc(/C=N\C2C3CCN(CC3)C2C(c2ccccc2)c2ccccc2)c1Cl. The number of benzene rings is 3. The van der Waals surface area contributed by atoms with Crippen LogP contribution in [0, 0.1) is 5.92 Å². The Bertz CT molecular complexity index is 1000. The first-order chi connectivity index (χ1) is 15.2. The number of hydrogen-bond acceptors (Lipinski definition) is 2. The lowest BCUT2D eigenvalue weighted by Crippen LogP contribution is -2.59. The molecule has 3 aliphatic heterocycles. The van der Waals surface area contributed by atoms with E-state index in [2.05, 4.69) is 65.6 Å². The molecular formula is C27H26Cl2N2. The van der Waals surface area contributed by atoms with E-state index in [9.17, 15) is 0 Å². The molecule has 0 N–H and O–H groups in total. The van der Waals surface area contributed by atoms with Gasteiger partial charge in [-0.25, -0.2) is 0 Å². The Morgan fingerprint density at radius 3 is 2.03 bits per heavy atom. The van der Waals surface area contributed by atoms with E-state index in [-0.39, 0.29) is 12.0 Å². The summed E-state index contributed by atoms with van der Waals surface area (Å²) in [6.45, 7) is 2.30. The van der Waals surface area contributed by atoms with Crippen LogP contribution in [-0.2, 0) is 0 Å². The second-order valence-electron chi connectivity index (χ2n) is 8.57. The van der Waals surface area contributed by atoms with Gasteiger partial charge in [0.2, 0.25) is 0 Å². The van der Waals surface area contributed by atoms with Crippen molar-refractivity contribution in [2.24, 2.45) is 10.9 Å². The topological polar surface area (TPSA) is 15.6 Å². The molecule has 6 rings (SSSR count). The summed E-state index contributed by atoms with van der Waals surface area (Å²) in [6, 6.07) is 28.1. The molecule has 158 valence electrons. The smallest absolute Gasteiger partial charge is 0.0693 e. The molecule has 3 heterocycles. The van der Waals surface area contributed by atoms with Crippen LogP contribution < -0.4 is 0 Å². The summed E-state index contributed by atoms with van der Waals surface area (Å²) in [5.41, 5.74) is 3.60. The Kier molecular flexibility index (Phi) is 6.13. The van der Waals surface area contributed by atoms with Crippen molar-refractivity contribution in [3.05, 3.63) is 106 Å². The molecule has 3 aromatic rings. The van der Waals surface area contributed by atoms with Crippen molar-refractivity contribution in [2.45, 2.75) is 30.8 Å². The summed E-state index contributed by atoms with van der Waals surface area (Å²) in [6.07, 6.45) is 4.36. The summed E-state index contributed by atoms with van der Waals surface area (Å²) in [5, 5.41) is 1.15. The van der Waals surface area contributed by atoms with E-state index < -0.39 is 0 Å². The average molecular weight is 449 g/mol. The molecule has 0 saturated carbocycles. The maximum Gasteiger partial charge on any atom is 0.0693 e. The lowest BCUT2D eigenvalue weighted by atomic mass is 9.71. The van der Waals surface area contributed by atoms with Crippen LogP contribution >= 0.6 is 23.2 Å². The van der Waals surface area contributed by atoms with Crippen LogP contribution in [0.2, 0.25) is 10.0 Å². The summed E-state index contributed by atoms with van der Waals surface area (Å²) in [7, 11) is 0. The molecule has 0 radical (unpaired) electrons. The van der Waals surface area contributed by atoms with Crippen LogP contribution in [0.3, 0.4) is 0 Å². The molecule has 31 heavy (non-hydrogen) atoms. The van der Waals surface area contributed by atoms with Gasteiger partial charge < -0.3 is 0 Å². The van der Waals surface area contributed by atoms with Gasteiger partial charge in [-0.05, 0) is 49.0 Å². The number of halogens is 2. The number of piperidine rings is 3. The van der Waals surface area contributed by atoms with Crippen molar-refractivity contribution < 1.29 is 0 Å². The van der Waals surface area contributed by atoms with Crippen LogP contribution in [0.25, 0.3) is 0 Å². The predicted octanol–water partition coefficient (Wildman–Crippen LogP) is 6.71. The van der Waals surface area contributed by atoms with E-state index in [1.54, 1.807) is 0 Å². The van der Waals surface area contributed by atoms with Crippen LogP contribution in [0.1, 0.15) is 35.4 Å². The molecule has 3 saturated heterocycles. The number of nitrogens with zero attached hydrogens (tertiary/aromatic N) is 2. The first-order valence-corrected chi connectivity index (χ1v) is 11.8. The zero-order valence-corrected chi connectivity index (χ0v) is 18.9. The van der Waals surface area contributed by atoms with Crippen LogP contribution in [0.4, 0.5) is 0 Å². The minimum atomic E-state index is 0.225. The van der Waals surface area contributed by atoms with Crippen molar-refractivity contribution in [3.8, 4) is 0 Å². The van der Waals surface area contributed by atoms with Crippen molar-refractivity contribution in [3.63, 3.8) is 0 Å². The first kappa shape index (κ1) is 20.8. The zero-order valence-electron chi connectivity index (χ0n) is 17.4. The molecule has 0 aliphatic carbocycles. The monoisotopic (exact) mass is 448 g/mol. The molecule has 2 atom stereocenters. The summed E-state index contributed by atoms with van der Waals surface area (Å²) in [4.78, 5) is 7.84. The van der Waals surface area contributed by atoms with E-state index in [1.807, 2.05) is 24.4 Å². The molecule has 3 fully saturated rings. The molecule has 0 spiro atoms. The van der Waals surface area contributed by atoms with E-state index >= 15 is 0 Å². The van der Waals surface area contributed by atoms with Crippen LogP contribution in [-0.4, -0.2) is 36.3 Å². The van der Waals surface area contributed by atoms with E-state index in [0.717, 1.165) is 18.7 Å². The van der Waals surface area contributed by atoms with E-state index in [1.165, 1.54) is 24.0 Å². The van der Waals surface area contributed by atoms with Gasteiger partial charge in [0, 0.05) is 23.7 Å². The molecule has 4 heteroatoms. The van der Waals surface area contributed by atoms with Gasteiger partial charge in [-0.2, -0.15) is 0 Å². The highest BCUT2D eigenvalue weighted by molar-refractivity contribution is 6.43. The summed E-state index contributed by atoms with van der Waals surface area (Å²) >= 11 is 12.7. The van der Waals surface area contributed by atoms with Gasteiger partial charge in [-0.3, -0.25) is 9.89 Å². The molecule has 3 aliphatic rings. The molecule has 2 nitrogen and oxygen atoms in total. The Morgan fingerprint density at radius 1 is 0.806 bits per heavy atom. The van der Waals surface area contributed by atoms with Gasteiger partial charge in [0.25, 0.3) is 0 Å². The Labute approximate surface area is 194 Å². The minimum absolute atomic E-state index is 0.225. The van der Waals surface area contributed by atoms with Crippen molar-refractivity contribution >= 4 is 29.4 Å². The molecule has 0 aromatic heterocycles. The third-order valence-electron chi connectivity index (χ3n) is 6.85. The van der Waals surface area contributed by atoms with E-state index in [4.69, 9.17) is 28.2 Å². The summed E-state index contributed by atoms with van der Waals surface area (Å²) in [5.74, 6) is 0.876. The van der Waals surface area contributed by atoms with Crippen LogP contribution in [0.5, 0.6) is 0 Å². The second-order valence-corrected chi connectivity index (χ2v) is 9.36. The third-order valence-corrected chi connectivity index (χ3v) is 7.69. The lowest BCUT2D eigenvalue weighted by molar-refractivity contribution is 0.0215.